The molecule has 0 aliphatic carbocycles. The van der Waals surface area contributed by atoms with Crippen LogP contribution >= 0.6 is 0 Å². The Hall–Kier alpha value is -1.63. The quantitative estimate of drug-likeness (QED) is 0.610. The van der Waals surface area contributed by atoms with E-state index < -0.39 is 5.76 Å². The molecule has 0 radical (unpaired) electrons. The van der Waals surface area contributed by atoms with Gasteiger partial charge in [-0.2, -0.15) is 4.68 Å². The monoisotopic (exact) mass is 213 g/mol. The third-order valence-electron chi connectivity index (χ3n) is 2.20. The van der Waals surface area contributed by atoms with Gasteiger partial charge in [-0.15, -0.1) is 5.10 Å². The molecule has 0 aromatic carbocycles. The molecule has 0 N–H and O–H groups in total. The van der Waals surface area contributed by atoms with Crippen molar-refractivity contribution in [3.63, 3.8) is 0 Å². The van der Waals surface area contributed by atoms with Crippen LogP contribution < -0.4 is 5.76 Å². The third kappa shape index (κ3) is 2.24. The van der Waals surface area contributed by atoms with E-state index in [0.717, 1.165) is 11.1 Å². The molecule has 82 valence electrons. The molecule has 7 nitrogen and oxygen atoms in total. The van der Waals surface area contributed by atoms with Crippen LogP contribution in [0.2, 0.25) is 0 Å². The zero-order valence-corrected chi connectivity index (χ0v) is 8.09. The largest absolute Gasteiger partial charge is 0.437 e. The SMILES string of the molecule is O=C(Cn1ncoc1=O)N1CCOCC1. The molecule has 0 bridgehead atoms. The minimum absolute atomic E-state index is 0.0741. The lowest BCUT2D eigenvalue weighted by molar-refractivity contribution is -0.136. The molecule has 2 rings (SSSR count). The number of hydrogen-bond donors (Lipinski definition) is 0. The molecule has 1 aromatic rings. The second kappa shape index (κ2) is 4.26. The minimum atomic E-state index is -0.614. The van der Waals surface area contributed by atoms with Gasteiger partial charge in [-0.05, 0) is 0 Å². The summed E-state index contributed by atoms with van der Waals surface area (Å²) in [5, 5.41) is 3.61. The van der Waals surface area contributed by atoms with E-state index in [1.54, 1.807) is 4.90 Å². The number of amides is 1. The van der Waals surface area contributed by atoms with E-state index in [1.807, 2.05) is 0 Å². The van der Waals surface area contributed by atoms with Crippen molar-refractivity contribution in [3.05, 3.63) is 16.9 Å². The van der Waals surface area contributed by atoms with E-state index in [1.165, 1.54) is 0 Å². The summed E-state index contributed by atoms with van der Waals surface area (Å²) in [6, 6.07) is 0. The number of carbonyl (C=O) groups excluding carboxylic acids is 1. The molecule has 0 unspecified atom stereocenters. The van der Waals surface area contributed by atoms with Crippen LogP contribution in [-0.2, 0) is 16.1 Å². The van der Waals surface area contributed by atoms with Crippen molar-refractivity contribution in [1.82, 2.24) is 14.7 Å². The van der Waals surface area contributed by atoms with Gasteiger partial charge in [0.25, 0.3) is 0 Å². The maximum absolute atomic E-state index is 11.6. The summed E-state index contributed by atoms with van der Waals surface area (Å²) in [7, 11) is 0. The van der Waals surface area contributed by atoms with Crippen LogP contribution in [0, 0.1) is 0 Å². The molecule has 1 amide bonds. The summed E-state index contributed by atoms with van der Waals surface area (Å²) < 4.78 is 10.6. The van der Waals surface area contributed by atoms with Gasteiger partial charge in [0.05, 0.1) is 13.2 Å². The Morgan fingerprint density at radius 1 is 1.47 bits per heavy atom. The van der Waals surface area contributed by atoms with E-state index in [0.29, 0.717) is 26.3 Å². The molecule has 1 aromatic heterocycles. The van der Waals surface area contributed by atoms with Crippen molar-refractivity contribution in [2.45, 2.75) is 6.54 Å². The van der Waals surface area contributed by atoms with E-state index in [9.17, 15) is 9.59 Å². The molecule has 1 fully saturated rings. The normalized spacial score (nSPS) is 16.7. The fourth-order valence-corrected chi connectivity index (χ4v) is 1.38. The number of rotatable bonds is 2. The van der Waals surface area contributed by atoms with Crippen LogP contribution in [0.5, 0.6) is 0 Å². The fraction of sp³-hybridized carbons (Fsp3) is 0.625. The fourth-order valence-electron chi connectivity index (χ4n) is 1.38. The zero-order valence-electron chi connectivity index (χ0n) is 8.09. The minimum Gasteiger partial charge on any atom is -0.395 e. The van der Waals surface area contributed by atoms with Gasteiger partial charge in [0.2, 0.25) is 12.3 Å². The van der Waals surface area contributed by atoms with Crippen molar-refractivity contribution >= 4 is 5.91 Å². The Balaban J connectivity index is 1.97. The predicted octanol–water partition coefficient (Wildman–Crippen LogP) is -1.30. The van der Waals surface area contributed by atoms with Gasteiger partial charge >= 0.3 is 5.76 Å². The molecular weight excluding hydrogens is 202 g/mol. The molecule has 1 aliphatic rings. The molecule has 2 heterocycles. The van der Waals surface area contributed by atoms with Gasteiger partial charge < -0.3 is 14.1 Å². The molecular formula is C8H11N3O4. The highest BCUT2D eigenvalue weighted by Crippen LogP contribution is 1.98. The molecule has 1 aliphatic heterocycles. The molecule has 15 heavy (non-hydrogen) atoms. The lowest BCUT2D eigenvalue weighted by atomic mass is 10.4. The Labute approximate surface area is 85.2 Å². The van der Waals surface area contributed by atoms with Gasteiger partial charge in [0.1, 0.15) is 6.54 Å². The first-order valence-corrected chi connectivity index (χ1v) is 4.63. The maximum atomic E-state index is 11.6. The predicted molar refractivity (Wildman–Crippen MR) is 48.2 cm³/mol. The number of aromatic nitrogens is 2. The van der Waals surface area contributed by atoms with Gasteiger partial charge in [0.15, 0.2) is 0 Å². The molecule has 7 heteroatoms. The number of ether oxygens (including phenoxy) is 1. The summed E-state index contributed by atoms with van der Waals surface area (Å²) in [5.74, 6) is -0.758. The summed E-state index contributed by atoms with van der Waals surface area (Å²) >= 11 is 0. The van der Waals surface area contributed by atoms with Gasteiger partial charge in [-0.1, -0.05) is 0 Å². The van der Waals surface area contributed by atoms with Gasteiger partial charge in [0, 0.05) is 13.1 Å². The molecule has 1 saturated heterocycles. The second-order valence-electron chi connectivity index (χ2n) is 3.16. The molecule has 0 atom stereocenters. The van der Waals surface area contributed by atoms with Crippen LogP contribution in [0.15, 0.2) is 15.6 Å². The first-order chi connectivity index (χ1) is 7.27. The zero-order chi connectivity index (χ0) is 10.7. The average molecular weight is 213 g/mol. The number of nitrogens with zero attached hydrogens (tertiary/aromatic N) is 3. The first kappa shape index (κ1) is 9.91. The Kier molecular flexibility index (Phi) is 2.82. The lowest BCUT2D eigenvalue weighted by Crippen LogP contribution is -2.43. The number of morpholine rings is 1. The summed E-state index contributed by atoms with van der Waals surface area (Å²) in [5.41, 5.74) is 0. The molecule has 0 saturated carbocycles. The van der Waals surface area contributed by atoms with E-state index in [4.69, 9.17) is 4.74 Å². The van der Waals surface area contributed by atoms with Crippen LogP contribution in [0.3, 0.4) is 0 Å². The molecule has 0 spiro atoms. The van der Waals surface area contributed by atoms with E-state index >= 15 is 0 Å². The first-order valence-electron chi connectivity index (χ1n) is 4.63. The third-order valence-corrected chi connectivity index (χ3v) is 2.20. The van der Waals surface area contributed by atoms with Crippen molar-refractivity contribution in [2.75, 3.05) is 26.3 Å². The topological polar surface area (TPSA) is 77.6 Å². The Morgan fingerprint density at radius 2 is 2.20 bits per heavy atom. The van der Waals surface area contributed by atoms with Crippen LogP contribution in [0.25, 0.3) is 0 Å². The van der Waals surface area contributed by atoms with Crippen LogP contribution in [0.4, 0.5) is 0 Å². The van der Waals surface area contributed by atoms with Crippen LogP contribution in [-0.4, -0.2) is 46.9 Å². The second-order valence-corrected chi connectivity index (χ2v) is 3.16. The smallest absolute Gasteiger partial charge is 0.395 e. The van der Waals surface area contributed by atoms with E-state index in [2.05, 4.69) is 9.52 Å². The highest BCUT2D eigenvalue weighted by atomic mass is 16.5. The van der Waals surface area contributed by atoms with Gasteiger partial charge in [-0.25, -0.2) is 4.79 Å². The highest BCUT2D eigenvalue weighted by molar-refractivity contribution is 5.75. The number of carbonyl (C=O) groups is 1. The van der Waals surface area contributed by atoms with Crippen molar-refractivity contribution in [3.8, 4) is 0 Å². The Bertz CT molecular complexity index is 391. The number of hydrogen-bond acceptors (Lipinski definition) is 5. The van der Waals surface area contributed by atoms with Crippen molar-refractivity contribution < 1.29 is 13.9 Å². The van der Waals surface area contributed by atoms with Crippen molar-refractivity contribution in [1.29, 1.82) is 0 Å². The van der Waals surface area contributed by atoms with Crippen molar-refractivity contribution in [2.24, 2.45) is 0 Å². The summed E-state index contributed by atoms with van der Waals surface area (Å²) in [4.78, 5) is 24.3. The standard InChI is InChI=1S/C8H11N3O4/c12-7(10-1-3-14-4-2-10)5-11-8(13)15-6-9-11/h6H,1-5H2. The lowest BCUT2D eigenvalue weighted by Gasteiger charge is -2.26. The van der Waals surface area contributed by atoms with E-state index in [-0.39, 0.29) is 12.5 Å². The van der Waals surface area contributed by atoms with Gasteiger partial charge in [-0.3, -0.25) is 4.79 Å². The maximum Gasteiger partial charge on any atom is 0.437 e. The average Bonchev–Trinajstić information content (AvgIpc) is 2.66. The summed E-state index contributed by atoms with van der Waals surface area (Å²) in [6.45, 7) is 2.13. The van der Waals surface area contributed by atoms with Crippen LogP contribution in [0.1, 0.15) is 0 Å². The highest BCUT2D eigenvalue weighted by Gasteiger charge is 2.18. The Morgan fingerprint density at radius 3 is 2.80 bits per heavy atom. The summed E-state index contributed by atoms with van der Waals surface area (Å²) in [6.07, 6.45) is 1.02.